The van der Waals surface area contributed by atoms with E-state index in [9.17, 15) is 5.11 Å². The number of ether oxygens (including phenoxy) is 2. The Morgan fingerprint density at radius 2 is 2.14 bits per heavy atom. The van der Waals surface area contributed by atoms with Crippen molar-refractivity contribution in [3.63, 3.8) is 0 Å². The van der Waals surface area contributed by atoms with Gasteiger partial charge in [-0.15, -0.1) is 0 Å². The highest BCUT2D eigenvalue weighted by molar-refractivity contribution is 5.44. The van der Waals surface area contributed by atoms with Gasteiger partial charge in [-0.3, -0.25) is 0 Å². The fraction of sp³-hybridized carbons (Fsp3) is 0.647. The first-order chi connectivity index (χ1) is 10.1. The summed E-state index contributed by atoms with van der Waals surface area (Å²) >= 11 is 0. The standard InChI is InChI=1S/C17H27NO3/c1-12-9-15-16(18-7-6-14(19)11-20-3)5-4-8-21-17(15)10-13(12)2/h9-10,14,16,18-19H,4-8,11H2,1-3H3. The number of methoxy groups -OCH3 is 1. The molecule has 0 bridgehead atoms. The van der Waals surface area contributed by atoms with Crippen molar-refractivity contribution in [1.82, 2.24) is 5.32 Å². The second kappa shape index (κ2) is 7.78. The van der Waals surface area contributed by atoms with E-state index in [0.717, 1.165) is 31.7 Å². The SMILES string of the molecule is COCC(O)CCNC1CCCOc2cc(C)c(C)cc21. The number of fused-ring (bicyclic) bond motifs is 1. The molecule has 21 heavy (non-hydrogen) atoms. The molecule has 118 valence electrons. The Kier molecular flexibility index (Phi) is 6.03. The zero-order valence-corrected chi connectivity index (χ0v) is 13.3. The molecule has 0 aliphatic carbocycles. The Bertz CT molecular complexity index is 462. The van der Waals surface area contributed by atoms with Gasteiger partial charge in [0.15, 0.2) is 0 Å². The average molecular weight is 293 g/mol. The minimum Gasteiger partial charge on any atom is -0.493 e. The number of aliphatic hydroxyl groups is 1. The van der Waals surface area contributed by atoms with Crippen molar-refractivity contribution in [3.8, 4) is 5.75 Å². The fourth-order valence-corrected chi connectivity index (χ4v) is 2.75. The van der Waals surface area contributed by atoms with Gasteiger partial charge in [0, 0.05) is 18.7 Å². The summed E-state index contributed by atoms with van der Waals surface area (Å²) in [5.41, 5.74) is 3.81. The molecule has 0 spiro atoms. The third kappa shape index (κ3) is 4.43. The van der Waals surface area contributed by atoms with Gasteiger partial charge >= 0.3 is 0 Å². The largest absolute Gasteiger partial charge is 0.493 e. The molecule has 1 heterocycles. The van der Waals surface area contributed by atoms with Crippen LogP contribution in [0.2, 0.25) is 0 Å². The summed E-state index contributed by atoms with van der Waals surface area (Å²) in [6.07, 6.45) is 2.41. The molecule has 0 amide bonds. The van der Waals surface area contributed by atoms with Crippen molar-refractivity contribution >= 4 is 0 Å². The highest BCUT2D eigenvalue weighted by Gasteiger charge is 2.20. The minimum atomic E-state index is -0.399. The van der Waals surface area contributed by atoms with Crippen LogP contribution in [0.3, 0.4) is 0 Å². The lowest BCUT2D eigenvalue weighted by atomic mass is 9.97. The van der Waals surface area contributed by atoms with E-state index in [0.29, 0.717) is 19.1 Å². The van der Waals surface area contributed by atoms with Gasteiger partial charge in [0.05, 0.1) is 19.3 Å². The van der Waals surface area contributed by atoms with Gasteiger partial charge in [-0.05, 0) is 56.8 Å². The Morgan fingerprint density at radius 3 is 2.90 bits per heavy atom. The van der Waals surface area contributed by atoms with Gasteiger partial charge in [0.2, 0.25) is 0 Å². The van der Waals surface area contributed by atoms with E-state index in [1.807, 2.05) is 0 Å². The second-order valence-corrected chi connectivity index (χ2v) is 5.87. The monoisotopic (exact) mass is 293 g/mol. The van der Waals surface area contributed by atoms with Crippen LogP contribution in [0.4, 0.5) is 0 Å². The van der Waals surface area contributed by atoms with Crippen LogP contribution in [0.25, 0.3) is 0 Å². The summed E-state index contributed by atoms with van der Waals surface area (Å²) in [5, 5.41) is 13.3. The topological polar surface area (TPSA) is 50.7 Å². The first-order valence-corrected chi connectivity index (χ1v) is 7.76. The van der Waals surface area contributed by atoms with Gasteiger partial charge in [-0.2, -0.15) is 0 Å². The quantitative estimate of drug-likeness (QED) is 0.846. The minimum absolute atomic E-state index is 0.302. The molecule has 0 fully saturated rings. The maximum absolute atomic E-state index is 9.72. The number of hydrogen-bond acceptors (Lipinski definition) is 4. The summed E-state index contributed by atoms with van der Waals surface area (Å²) < 4.78 is 10.8. The third-order valence-corrected chi connectivity index (χ3v) is 4.12. The molecule has 0 saturated heterocycles. The summed E-state index contributed by atoms with van der Waals surface area (Å²) in [5.74, 6) is 1.01. The van der Waals surface area contributed by atoms with Crippen LogP contribution in [-0.4, -0.2) is 38.1 Å². The molecule has 0 aromatic heterocycles. The van der Waals surface area contributed by atoms with Crippen molar-refractivity contribution in [1.29, 1.82) is 0 Å². The molecular weight excluding hydrogens is 266 g/mol. The summed E-state index contributed by atoms with van der Waals surface area (Å²) in [4.78, 5) is 0. The molecular formula is C17H27NO3. The van der Waals surface area contributed by atoms with Crippen LogP contribution < -0.4 is 10.1 Å². The number of aryl methyl sites for hydroxylation is 2. The number of aliphatic hydroxyl groups excluding tert-OH is 1. The molecule has 4 heteroatoms. The lowest BCUT2D eigenvalue weighted by Crippen LogP contribution is -2.27. The second-order valence-electron chi connectivity index (χ2n) is 5.87. The summed E-state index contributed by atoms with van der Waals surface area (Å²) in [7, 11) is 1.61. The van der Waals surface area contributed by atoms with Crippen molar-refractivity contribution < 1.29 is 14.6 Å². The van der Waals surface area contributed by atoms with E-state index in [4.69, 9.17) is 9.47 Å². The highest BCUT2D eigenvalue weighted by atomic mass is 16.5. The van der Waals surface area contributed by atoms with E-state index in [1.54, 1.807) is 7.11 Å². The molecule has 1 aliphatic heterocycles. The number of nitrogens with one attached hydrogen (secondary N) is 1. The molecule has 2 unspecified atom stereocenters. The number of benzene rings is 1. The Balaban J connectivity index is 2.02. The van der Waals surface area contributed by atoms with Crippen LogP contribution in [0.5, 0.6) is 5.75 Å². The fourth-order valence-electron chi connectivity index (χ4n) is 2.75. The van der Waals surface area contributed by atoms with Crippen molar-refractivity contribution in [2.75, 3.05) is 26.9 Å². The number of hydrogen-bond donors (Lipinski definition) is 2. The van der Waals surface area contributed by atoms with Crippen LogP contribution in [0, 0.1) is 13.8 Å². The van der Waals surface area contributed by atoms with E-state index >= 15 is 0 Å². The first-order valence-electron chi connectivity index (χ1n) is 7.76. The molecule has 4 nitrogen and oxygen atoms in total. The molecule has 0 saturated carbocycles. The smallest absolute Gasteiger partial charge is 0.124 e. The molecule has 2 N–H and O–H groups in total. The lowest BCUT2D eigenvalue weighted by molar-refractivity contribution is 0.0589. The van der Waals surface area contributed by atoms with E-state index in [2.05, 4.69) is 31.3 Å². The maximum atomic E-state index is 9.72. The van der Waals surface area contributed by atoms with Crippen LogP contribution in [0.15, 0.2) is 12.1 Å². The summed E-state index contributed by atoms with van der Waals surface area (Å²) in [6.45, 7) is 6.21. The average Bonchev–Trinajstić information content (AvgIpc) is 2.63. The van der Waals surface area contributed by atoms with E-state index in [-0.39, 0.29) is 0 Å². The molecule has 2 atom stereocenters. The van der Waals surface area contributed by atoms with Crippen LogP contribution >= 0.6 is 0 Å². The van der Waals surface area contributed by atoms with E-state index in [1.165, 1.54) is 16.7 Å². The Hall–Kier alpha value is -1.10. The lowest BCUT2D eigenvalue weighted by Gasteiger charge is -2.20. The maximum Gasteiger partial charge on any atom is 0.124 e. The van der Waals surface area contributed by atoms with Crippen molar-refractivity contribution in [2.24, 2.45) is 0 Å². The molecule has 1 aliphatic rings. The van der Waals surface area contributed by atoms with Gasteiger partial charge in [0.25, 0.3) is 0 Å². The summed E-state index contributed by atoms with van der Waals surface area (Å²) in [6, 6.07) is 4.68. The molecule has 1 aromatic carbocycles. The molecule has 1 aromatic rings. The van der Waals surface area contributed by atoms with E-state index < -0.39 is 6.10 Å². The van der Waals surface area contributed by atoms with Crippen LogP contribution in [0.1, 0.15) is 42.0 Å². The number of rotatable bonds is 6. The van der Waals surface area contributed by atoms with Gasteiger partial charge in [-0.1, -0.05) is 6.07 Å². The predicted molar refractivity (Wildman–Crippen MR) is 83.9 cm³/mol. The van der Waals surface area contributed by atoms with Crippen LogP contribution in [-0.2, 0) is 4.74 Å². The van der Waals surface area contributed by atoms with Gasteiger partial charge in [0.1, 0.15) is 5.75 Å². The van der Waals surface area contributed by atoms with Crippen molar-refractivity contribution in [3.05, 3.63) is 28.8 Å². The van der Waals surface area contributed by atoms with Gasteiger partial charge in [-0.25, -0.2) is 0 Å². The molecule has 2 rings (SSSR count). The predicted octanol–water partition coefficient (Wildman–Crippen LogP) is 2.50. The third-order valence-electron chi connectivity index (χ3n) is 4.12. The Morgan fingerprint density at radius 1 is 1.38 bits per heavy atom. The zero-order chi connectivity index (χ0) is 15.2. The van der Waals surface area contributed by atoms with Gasteiger partial charge < -0.3 is 19.9 Å². The van der Waals surface area contributed by atoms with Crippen molar-refractivity contribution in [2.45, 2.75) is 45.3 Å². The Labute approximate surface area is 127 Å². The normalized spacial score (nSPS) is 19.5. The first kappa shape index (κ1) is 16.3. The molecule has 0 radical (unpaired) electrons. The zero-order valence-electron chi connectivity index (χ0n) is 13.3. The highest BCUT2D eigenvalue weighted by Crippen LogP contribution is 2.33.